The van der Waals surface area contributed by atoms with Crippen molar-refractivity contribution in [2.24, 2.45) is 22.6 Å². The molecule has 2 unspecified atom stereocenters. The highest BCUT2D eigenvalue weighted by molar-refractivity contribution is 14.0. The second-order valence-corrected chi connectivity index (χ2v) is 7.82. The number of aliphatic imine (C=N–C) groups is 1. The van der Waals surface area contributed by atoms with E-state index in [4.69, 9.17) is 10.7 Å². The predicted molar refractivity (Wildman–Crippen MR) is 126 cm³/mol. The molecule has 1 aliphatic rings. The Labute approximate surface area is 183 Å². The van der Waals surface area contributed by atoms with Crippen molar-refractivity contribution in [2.45, 2.75) is 66.3 Å². The van der Waals surface area contributed by atoms with Gasteiger partial charge in [-0.15, -0.1) is 24.0 Å². The third-order valence-corrected chi connectivity index (χ3v) is 5.17. The Morgan fingerprint density at radius 3 is 2.48 bits per heavy atom. The summed E-state index contributed by atoms with van der Waals surface area (Å²) >= 11 is 0. The van der Waals surface area contributed by atoms with Crippen molar-refractivity contribution in [2.75, 3.05) is 39.3 Å². The smallest absolute Gasteiger partial charge is 0.217 e. The molecule has 3 N–H and O–H groups in total. The summed E-state index contributed by atoms with van der Waals surface area (Å²) in [7, 11) is 0. The molecule has 1 heterocycles. The van der Waals surface area contributed by atoms with Crippen LogP contribution in [0, 0.1) is 11.8 Å². The quantitative estimate of drug-likeness (QED) is 0.278. The maximum absolute atomic E-state index is 11.3. The van der Waals surface area contributed by atoms with Crippen LogP contribution in [0.2, 0.25) is 0 Å². The summed E-state index contributed by atoms with van der Waals surface area (Å²) in [5.41, 5.74) is 5.40. The van der Waals surface area contributed by atoms with E-state index in [-0.39, 0.29) is 29.9 Å². The van der Waals surface area contributed by atoms with Crippen LogP contribution in [0.3, 0.4) is 0 Å². The number of carbonyl (C=O) groups is 1. The summed E-state index contributed by atoms with van der Waals surface area (Å²) in [5, 5.41) is 3.45. The van der Waals surface area contributed by atoms with Crippen molar-refractivity contribution in [3.05, 3.63) is 0 Å². The molecule has 1 amide bonds. The van der Waals surface area contributed by atoms with Crippen LogP contribution in [0.15, 0.2) is 4.99 Å². The molecule has 2 atom stereocenters. The zero-order valence-corrected chi connectivity index (χ0v) is 20.4. The van der Waals surface area contributed by atoms with E-state index in [9.17, 15) is 4.79 Å². The van der Waals surface area contributed by atoms with Crippen molar-refractivity contribution in [1.82, 2.24) is 15.1 Å². The molecule has 6 nitrogen and oxygen atoms in total. The Bertz CT molecular complexity index is 440. The van der Waals surface area contributed by atoms with Crippen LogP contribution in [0.4, 0.5) is 0 Å². The number of hydrogen-bond acceptors (Lipinski definition) is 3. The minimum Gasteiger partial charge on any atom is -0.370 e. The molecule has 27 heavy (non-hydrogen) atoms. The summed E-state index contributed by atoms with van der Waals surface area (Å²) in [6.07, 6.45) is 3.81. The van der Waals surface area contributed by atoms with Crippen LogP contribution in [-0.2, 0) is 4.79 Å². The second kappa shape index (κ2) is 14.4. The highest BCUT2D eigenvalue weighted by atomic mass is 127. The molecule has 1 rings (SSSR count). The van der Waals surface area contributed by atoms with Crippen LogP contribution in [-0.4, -0.2) is 67.0 Å². The zero-order valence-electron chi connectivity index (χ0n) is 18.0. The van der Waals surface area contributed by atoms with Gasteiger partial charge in [0, 0.05) is 32.1 Å². The zero-order chi connectivity index (χ0) is 19.5. The maximum atomic E-state index is 11.3. The largest absolute Gasteiger partial charge is 0.370 e. The average molecular weight is 495 g/mol. The van der Waals surface area contributed by atoms with E-state index in [2.05, 4.69) is 49.7 Å². The van der Waals surface area contributed by atoms with Gasteiger partial charge in [-0.25, -0.2) is 0 Å². The van der Waals surface area contributed by atoms with E-state index >= 15 is 0 Å². The van der Waals surface area contributed by atoms with E-state index < -0.39 is 0 Å². The van der Waals surface area contributed by atoms with Crippen molar-refractivity contribution in [1.29, 1.82) is 0 Å². The second-order valence-electron chi connectivity index (χ2n) is 7.82. The third-order valence-electron chi connectivity index (χ3n) is 5.17. The van der Waals surface area contributed by atoms with E-state index in [1.54, 1.807) is 0 Å². The van der Waals surface area contributed by atoms with Gasteiger partial charge < -0.3 is 16.0 Å². The van der Waals surface area contributed by atoms with Gasteiger partial charge in [-0.2, -0.15) is 0 Å². The summed E-state index contributed by atoms with van der Waals surface area (Å²) < 4.78 is 0. The Hall–Kier alpha value is -0.570. The molecule has 1 fully saturated rings. The Morgan fingerprint density at radius 2 is 1.96 bits per heavy atom. The standard InChI is InChI=1S/C20H41N5O.HI/c1-6-22-20(25-11-9-10-17(15-25)13-19(21)26)23-14-18(12-16(4)5)24(7-2)8-3;/h16-18H,6-15H2,1-5H3,(H2,21,26)(H,22,23);1H. The van der Waals surface area contributed by atoms with Crippen LogP contribution in [0.25, 0.3) is 0 Å². The lowest BCUT2D eigenvalue weighted by atomic mass is 9.95. The van der Waals surface area contributed by atoms with Gasteiger partial charge in [0.25, 0.3) is 0 Å². The summed E-state index contributed by atoms with van der Waals surface area (Å²) in [4.78, 5) is 21.1. The molecule has 0 radical (unpaired) electrons. The number of nitrogens with two attached hydrogens (primary N) is 1. The van der Waals surface area contributed by atoms with E-state index in [0.29, 0.717) is 24.3 Å². The van der Waals surface area contributed by atoms with Crippen molar-refractivity contribution in [3.63, 3.8) is 0 Å². The molecule has 0 aromatic heterocycles. The molecule has 160 valence electrons. The molecule has 0 aromatic carbocycles. The lowest BCUT2D eigenvalue weighted by Gasteiger charge is -2.35. The SMILES string of the molecule is CCNC(=NCC(CC(C)C)N(CC)CC)N1CCCC(CC(N)=O)C1.I. The molecule has 0 spiro atoms. The molecule has 0 saturated carbocycles. The average Bonchev–Trinajstić information content (AvgIpc) is 2.58. The Morgan fingerprint density at radius 1 is 1.30 bits per heavy atom. The number of rotatable bonds is 10. The van der Waals surface area contributed by atoms with Gasteiger partial charge in [0.05, 0.1) is 6.54 Å². The number of halogens is 1. The summed E-state index contributed by atoms with van der Waals surface area (Å²) in [6, 6.07) is 0.477. The highest BCUT2D eigenvalue weighted by Crippen LogP contribution is 2.20. The lowest BCUT2D eigenvalue weighted by Crippen LogP contribution is -2.48. The molecule has 0 aliphatic carbocycles. The number of carbonyl (C=O) groups excluding carboxylic acids is 1. The maximum Gasteiger partial charge on any atom is 0.217 e. The van der Waals surface area contributed by atoms with Gasteiger partial charge in [-0.1, -0.05) is 27.7 Å². The van der Waals surface area contributed by atoms with Gasteiger partial charge >= 0.3 is 0 Å². The van der Waals surface area contributed by atoms with E-state index in [1.165, 1.54) is 0 Å². The van der Waals surface area contributed by atoms with Crippen LogP contribution < -0.4 is 11.1 Å². The fourth-order valence-corrected chi connectivity index (χ4v) is 3.95. The molecular weight excluding hydrogens is 453 g/mol. The third kappa shape index (κ3) is 9.96. The number of amides is 1. The van der Waals surface area contributed by atoms with Crippen LogP contribution in [0.5, 0.6) is 0 Å². The fourth-order valence-electron chi connectivity index (χ4n) is 3.95. The number of likely N-dealkylation sites (tertiary alicyclic amines) is 1. The first kappa shape index (κ1) is 26.4. The number of likely N-dealkylation sites (N-methyl/N-ethyl adjacent to an activating group) is 1. The number of guanidine groups is 1. The fraction of sp³-hybridized carbons (Fsp3) is 0.900. The molecular formula is C20H42IN5O. The summed E-state index contributed by atoms with van der Waals surface area (Å²) in [6.45, 7) is 16.8. The molecule has 1 saturated heterocycles. The molecule has 0 aromatic rings. The number of hydrogen-bond donors (Lipinski definition) is 2. The molecule has 1 aliphatic heterocycles. The predicted octanol–water partition coefficient (Wildman–Crippen LogP) is 2.91. The number of nitrogens with zero attached hydrogens (tertiary/aromatic N) is 3. The lowest BCUT2D eigenvalue weighted by molar-refractivity contribution is -0.119. The minimum absolute atomic E-state index is 0. The van der Waals surface area contributed by atoms with E-state index in [1.807, 2.05) is 0 Å². The molecule has 0 bridgehead atoms. The normalized spacial score (nSPS) is 19.1. The van der Waals surface area contributed by atoms with Crippen LogP contribution >= 0.6 is 24.0 Å². The molecule has 7 heteroatoms. The minimum atomic E-state index is -0.197. The first-order valence-electron chi connectivity index (χ1n) is 10.5. The van der Waals surface area contributed by atoms with Crippen molar-refractivity contribution in [3.8, 4) is 0 Å². The monoisotopic (exact) mass is 495 g/mol. The van der Waals surface area contributed by atoms with Crippen molar-refractivity contribution < 1.29 is 4.79 Å². The highest BCUT2D eigenvalue weighted by Gasteiger charge is 2.24. The number of piperidine rings is 1. The van der Waals surface area contributed by atoms with Crippen molar-refractivity contribution >= 4 is 35.8 Å². The van der Waals surface area contributed by atoms with Gasteiger partial charge in [-0.3, -0.25) is 14.7 Å². The first-order valence-corrected chi connectivity index (χ1v) is 10.5. The Balaban J connectivity index is 0.00000676. The number of primary amides is 1. The topological polar surface area (TPSA) is 74.0 Å². The van der Waals surface area contributed by atoms with Gasteiger partial charge in [0.15, 0.2) is 5.96 Å². The van der Waals surface area contributed by atoms with Gasteiger partial charge in [-0.05, 0) is 51.1 Å². The number of nitrogens with one attached hydrogen (secondary N) is 1. The van der Waals surface area contributed by atoms with E-state index in [0.717, 1.165) is 64.5 Å². The van der Waals surface area contributed by atoms with Gasteiger partial charge in [0.1, 0.15) is 0 Å². The Kier molecular flexibility index (Phi) is 14.1. The van der Waals surface area contributed by atoms with Gasteiger partial charge in [0.2, 0.25) is 5.91 Å². The summed E-state index contributed by atoms with van der Waals surface area (Å²) in [5.74, 6) is 1.80. The van der Waals surface area contributed by atoms with Crippen LogP contribution in [0.1, 0.15) is 60.3 Å². The first-order chi connectivity index (χ1) is 12.4.